The summed E-state index contributed by atoms with van der Waals surface area (Å²) < 4.78 is 26.4. The number of nitrogens with two attached hydrogens (primary N) is 2. The minimum Gasteiger partial charge on any atom is -0.508 e. The van der Waals surface area contributed by atoms with E-state index in [1.165, 1.54) is 6.07 Å². The van der Waals surface area contributed by atoms with Gasteiger partial charge in [-0.15, -0.1) is 15.3 Å². The number of hydrogen-bond donors (Lipinski definition) is 5. The average Bonchev–Trinajstić information content (AvgIpc) is 3.85. The van der Waals surface area contributed by atoms with E-state index in [4.69, 9.17) is 46.6 Å². The van der Waals surface area contributed by atoms with Crippen molar-refractivity contribution in [1.29, 1.82) is 0 Å². The van der Waals surface area contributed by atoms with Gasteiger partial charge < -0.3 is 50.1 Å². The predicted octanol–water partition coefficient (Wildman–Crippen LogP) is 1.15. The van der Waals surface area contributed by atoms with Gasteiger partial charge in [-0.05, 0) is 108 Å². The number of amides is 2. The zero-order valence-corrected chi connectivity index (χ0v) is 31.0. The summed E-state index contributed by atoms with van der Waals surface area (Å²) in [6.45, 7) is 7.68. The average molecular weight is 791 g/mol. The molecule has 0 aliphatic carbocycles. The van der Waals surface area contributed by atoms with Crippen LogP contribution in [0, 0.1) is 13.8 Å². The molecule has 4 aromatic rings. The number of ether oxygens (including phenoxy) is 3. The van der Waals surface area contributed by atoms with Crippen molar-refractivity contribution in [2.75, 3.05) is 13.2 Å². The van der Waals surface area contributed by atoms with E-state index >= 15 is 0 Å². The summed E-state index contributed by atoms with van der Waals surface area (Å²) in [6, 6.07) is 6.36. The number of benzene rings is 2. The van der Waals surface area contributed by atoms with E-state index in [1.807, 2.05) is 6.92 Å². The summed E-state index contributed by atoms with van der Waals surface area (Å²) in [5.74, 6) is -1.58. The minimum absolute atomic E-state index is 0.0112. The predicted molar refractivity (Wildman–Crippen MR) is 191 cm³/mol. The first-order valence-corrected chi connectivity index (χ1v) is 17.7. The number of phenols is 1. The summed E-state index contributed by atoms with van der Waals surface area (Å²) >= 11 is 7.22. The Hall–Kier alpha value is -4.70. The standard InChI is InChI=1S/C15H16BN3O6S.C12H15BO5.C3H2ClN3OS/c1-3-23-11(20)6-10-12-7(2)4-8(5-9(12)16(22)25-10)24-15-19-18-14(26-15)13(17)21;1-3-17-11(15)6-10-12-7(2)4-8(14)5-9(12)13(16)18-10;4-3-7-6-2(9-3)1(5)8/h4-5,10,22H,3,6H2,1-2H3,(H2,17,21);4-5,10,14,16H,3,6H2,1-2H3;(H2,5,8). The van der Waals surface area contributed by atoms with E-state index in [0.717, 1.165) is 44.9 Å². The SMILES string of the molecule is CCOC(=O)CC1OB(O)c2cc(O)cc(C)c21.CCOC(=O)CC1OB(O)c2cc(Oc3nnc(C(N)=O)s3)cc(C)c21.NC(=O)c1nnc(Cl)s1. The number of phenolic OH excluding ortho intramolecular Hbond substituents is 1. The zero-order valence-electron chi connectivity index (χ0n) is 28.6. The molecule has 0 fully saturated rings. The van der Waals surface area contributed by atoms with Crippen molar-refractivity contribution in [3.63, 3.8) is 0 Å². The molecule has 0 bridgehead atoms. The number of primary amides is 2. The summed E-state index contributed by atoms with van der Waals surface area (Å²) in [6.07, 6.45) is -1.04. The molecule has 0 spiro atoms. The molecule has 0 saturated carbocycles. The van der Waals surface area contributed by atoms with Crippen LogP contribution in [0.15, 0.2) is 24.3 Å². The number of hydrogen-bond acceptors (Lipinski definition) is 18. The lowest BCUT2D eigenvalue weighted by atomic mass is 9.77. The molecule has 280 valence electrons. The van der Waals surface area contributed by atoms with Crippen molar-refractivity contribution >= 4 is 83.2 Å². The van der Waals surface area contributed by atoms with E-state index < -0.39 is 44.2 Å². The topological polar surface area (TPSA) is 279 Å². The Morgan fingerprint density at radius 2 is 1.28 bits per heavy atom. The lowest BCUT2D eigenvalue weighted by Crippen LogP contribution is -2.28. The summed E-state index contributed by atoms with van der Waals surface area (Å²) in [7, 11) is -2.28. The number of aromatic hydroxyl groups is 1. The van der Waals surface area contributed by atoms with Gasteiger partial charge in [0.25, 0.3) is 17.0 Å². The van der Waals surface area contributed by atoms with Gasteiger partial charge in [0.2, 0.25) is 14.5 Å². The number of rotatable bonds is 10. The molecule has 2 aromatic heterocycles. The second-order valence-corrected chi connectivity index (χ2v) is 13.5. The van der Waals surface area contributed by atoms with Crippen LogP contribution in [0.5, 0.6) is 16.7 Å². The van der Waals surface area contributed by atoms with Gasteiger partial charge in [0, 0.05) is 0 Å². The fourth-order valence-corrected chi connectivity index (χ4v) is 6.59. The Kier molecular flexibility index (Phi) is 14.2. The molecule has 2 amide bonds. The van der Waals surface area contributed by atoms with Gasteiger partial charge in [0.15, 0.2) is 0 Å². The molecule has 0 saturated heterocycles. The highest BCUT2D eigenvalue weighted by molar-refractivity contribution is 7.17. The van der Waals surface area contributed by atoms with Gasteiger partial charge in [0.05, 0.1) is 38.3 Å². The van der Waals surface area contributed by atoms with Crippen molar-refractivity contribution in [3.05, 3.63) is 61.0 Å². The van der Waals surface area contributed by atoms with Crippen LogP contribution in [-0.4, -0.2) is 86.8 Å². The van der Waals surface area contributed by atoms with Gasteiger partial charge in [-0.1, -0.05) is 16.4 Å². The largest absolute Gasteiger partial charge is 0.508 e. The highest BCUT2D eigenvalue weighted by atomic mass is 35.5. The van der Waals surface area contributed by atoms with Crippen LogP contribution in [0.25, 0.3) is 0 Å². The third kappa shape index (κ3) is 10.7. The van der Waals surface area contributed by atoms with Crippen LogP contribution in [0.4, 0.5) is 0 Å². The number of carbonyl (C=O) groups is 4. The quantitative estimate of drug-likeness (QED) is 0.111. The molecular formula is C30H33B2ClN6O12S2. The number of nitrogens with zero attached hydrogens (tertiary/aromatic N) is 4. The summed E-state index contributed by atoms with van der Waals surface area (Å²) in [4.78, 5) is 44.6. The second kappa shape index (κ2) is 18.4. The number of esters is 2. The maximum Gasteiger partial charge on any atom is 0.492 e. The monoisotopic (exact) mass is 790 g/mol. The molecule has 2 atom stereocenters. The molecule has 23 heteroatoms. The fourth-order valence-electron chi connectivity index (χ4n) is 5.34. The van der Waals surface area contributed by atoms with Gasteiger partial charge >= 0.3 is 26.2 Å². The first kappa shape index (κ1) is 41.1. The molecule has 2 unspecified atom stereocenters. The molecule has 6 rings (SSSR count). The van der Waals surface area contributed by atoms with Crippen LogP contribution in [0.1, 0.15) is 80.8 Å². The first-order chi connectivity index (χ1) is 25.1. The van der Waals surface area contributed by atoms with Gasteiger partial charge in [0.1, 0.15) is 11.5 Å². The zero-order chi connectivity index (χ0) is 39.0. The normalized spacial score (nSPS) is 15.3. The third-order valence-corrected chi connectivity index (χ3v) is 9.16. The smallest absolute Gasteiger partial charge is 0.492 e. The van der Waals surface area contributed by atoms with Crippen molar-refractivity contribution in [1.82, 2.24) is 20.4 Å². The van der Waals surface area contributed by atoms with E-state index in [1.54, 1.807) is 39.0 Å². The molecule has 2 aliphatic rings. The highest BCUT2D eigenvalue weighted by Gasteiger charge is 2.39. The number of carbonyl (C=O) groups excluding carboxylic acids is 4. The molecule has 2 aliphatic heterocycles. The maximum absolute atomic E-state index is 11.7. The fraction of sp³-hybridized carbons (Fsp3) is 0.333. The summed E-state index contributed by atoms with van der Waals surface area (Å²) in [5.41, 5.74) is 14.1. The van der Waals surface area contributed by atoms with Crippen LogP contribution < -0.4 is 27.1 Å². The third-order valence-electron chi connectivity index (χ3n) is 7.31. The Labute approximate surface area is 315 Å². The lowest BCUT2D eigenvalue weighted by Gasteiger charge is -2.14. The number of aryl methyl sites for hydroxylation is 2. The molecule has 7 N–H and O–H groups in total. The van der Waals surface area contributed by atoms with E-state index in [9.17, 15) is 34.3 Å². The number of fused-ring (bicyclic) bond motifs is 2. The molecule has 53 heavy (non-hydrogen) atoms. The van der Waals surface area contributed by atoms with Crippen molar-refractivity contribution in [3.8, 4) is 16.7 Å². The van der Waals surface area contributed by atoms with Crippen molar-refractivity contribution in [2.24, 2.45) is 11.5 Å². The van der Waals surface area contributed by atoms with Gasteiger partial charge in [-0.2, -0.15) is 0 Å². The van der Waals surface area contributed by atoms with Gasteiger partial charge in [-0.3, -0.25) is 19.2 Å². The van der Waals surface area contributed by atoms with E-state index in [0.29, 0.717) is 23.3 Å². The summed E-state index contributed by atoms with van der Waals surface area (Å²) in [5, 5.41) is 43.9. The molecule has 0 radical (unpaired) electrons. The molecular weight excluding hydrogens is 758 g/mol. The second-order valence-electron chi connectivity index (χ2n) is 11.0. The first-order valence-electron chi connectivity index (χ1n) is 15.7. The highest BCUT2D eigenvalue weighted by Crippen LogP contribution is 2.34. The molecule has 4 heterocycles. The van der Waals surface area contributed by atoms with E-state index in [2.05, 4.69) is 20.4 Å². The van der Waals surface area contributed by atoms with Crippen LogP contribution >= 0.6 is 34.3 Å². The lowest BCUT2D eigenvalue weighted by molar-refractivity contribution is -0.146. The van der Waals surface area contributed by atoms with Crippen LogP contribution in [-0.2, 0) is 28.4 Å². The number of halogens is 1. The minimum atomic E-state index is -1.18. The number of aromatic nitrogens is 4. The Morgan fingerprint density at radius 1 is 0.792 bits per heavy atom. The van der Waals surface area contributed by atoms with Crippen molar-refractivity contribution < 1.29 is 57.9 Å². The Morgan fingerprint density at radius 3 is 1.74 bits per heavy atom. The molecule has 18 nitrogen and oxygen atoms in total. The Balaban J connectivity index is 0.000000200. The van der Waals surface area contributed by atoms with Gasteiger partial charge in [-0.25, -0.2) is 0 Å². The van der Waals surface area contributed by atoms with E-state index in [-0.39, 0.29) is 50.8 Å². The maximum atomic E-state index is 11.7. The van der Waals surface area contributed by atoms with Crippen LogP contribution in [0.3, 0.4) is 0 Å². The Bertz CT molecular complexity index is 1990. The van der Waals surface area contributed by atoms with Crippen molar-refractivity contribution in [2.45, 2.75) is 52.7 Å². The molecule has 2 aromatic carbocycles. The van der Waals surface area contributed by atoms with Crippen LogP contribution in [0.2, 0.25) is 4.47 Å².